The molecule has 5 aliphatic rings. The molecule has 7 rings (SSSR count). The molecule has 7 atom stereocenters. The molecule has 0 spiro atoms. The Kier molecular flexibility index (Phi) is 4.36. The van der Waals surface area contributed by atoms with Crippen LogP contribution in [-0.4, -0.2) is 28.7 Å². The van der Waals surface area contributed by atoms with Crippen molar-refractivity contribution in [2.24, 2.45) is 35.5 Å². The van der Waals surface area contributed by atoms with E-state index in [9.17, 15) is 14.4 Å². The molecule has 3 amide bonds. The molecule has 1 aliphatic heterocycles. The maximum atomic E-state index is 13.7. The Hall–Kier alpha value is -3.21. The van der Waals surface area contributed by atoms with E-state index in [1.54, 1.807) is 0 Å². The number of rotatable bonds is 5. The number of benzene rings is 2. The number of likely N-dealkylation sites (tertiary alicyclic amines) is 1. The normalized spacial score (nSPS) is 32.5. The van der Waals surface area contributed by atoms with Crippen LogP contribution in [0.15, 0.2) is 66.7 Å². The predicted molar refractivity (Wildman–Crippen MR) is 120 cm³/mol. The van der Waals surface area contributed by atoms with Crippen LogP contribution in [0.2, 0.25) is 0 Å². The lowest BCUT2D eigenvalue weighted by Crippen LogP contribution is -2.49. The minimum atomic E-state index is -0.863. The molecule has 32 heavy (non-hydrogen) atoms. The quantitative estimate of drug-likeness (QED) is 0.587. The zero-order valence-corrected chi connectivity index (χ0v) is 18.0. The molecule has 1 heterocycles. The molecule has 2 bridgehead atoms. The number of para-hydroxylation sites is 1. The summed E-state index contributed by atoms with van der Waals surface area (Å²) in [6.45, 7) is 1.93. The lowest BCUT2D eigenvalue weighted by atomic mass is 9.63. The van der Waals surface area contributed by atoms with Gasteiger partial charge in [0.15, 0.2) is 0 Å². The van der Waals surface area contributed by atoms with Gasteiger partial charge in [-0.2, -0.15) is 0 Å². The maximum absolute atomic E-state index is 13.7. The van der Waals surface area contributed by atoms with Gasteiger partial charge in [-0.3, -0.25) is 19.3 Å². The number of amides is 3. The van der Waals surface area contributed by atoms with E-state index in [1.165, 1.54) is 4.90 Å². The van der Waals surface area contributed by atoms with Crippen LogP contribution in [0, 0.1) is 42.4 Å². The van der Waals surface area contributed by atoms with E-state index < -0.39 is 6.04 Å². The fourth-order valence-electron chi connectivity index (χ4n) is 6.35. The monoisotopic (exact) mass is 426 g/mol. The Morgan fingerprint density at radius 3 is 2.16 bits per heavy atom. The molecule has 4 aliphatic carbocycles. The average Bonchev–Trinajstić information content (AvgIpc) is 3.58. The fourth-order valence-corrected chi connectivity index (χ4v) is 6.35. The standard InChI is InChI=1S/C27H26N2O3/c1-15-7-5-6-10-21(15)28-25(30)22(13-16-8-3-2-4-9-16)29-26(31)23-17-11-12-18(20-14-19(17)20)24(23)27(29)32/h2-12,17-20,22-24H,13-14H2,1H3,(H,28,30)/t17-,18-,19-,20+,22-,23-,24+/m0/s1. The van der Waals surface area contributed by atoms with Crippen LogP contribution in [-0.2, 0) is 20.8 Å². The van der Waals surface area contributed by atoms with Gasteiger partial charge in [-0.25, -0.2) is 0 Å². The molecule has 2 saturated carbocycles. The number of imide groups is 1. The molecule has 0 unspecified atom stereocenters. The zero-order chi connectivity index (χ0) is 22.0. The van der Waals surface area contributed by atoms with E-state index in [0.717, 1.165) is 17.5 Å². The summed E-state index contributed by atoms with van der Waals surface area (Å²) in [6.07, 6.45) is 5.75. The maximum Gasteiger partial charge on any atom is 0.248 e. The second kappa shape index (κ2) is 7.16. The predicted octanol–water partition coefficient (Wildman–Crippen LogP) is 3.60. The Labute approximate surface area is 187 Å². The number of anilines is 1. The zero-order valence-electron chi connectivity index (χ0n) is 18.0. The van der Waals surface area contributed by atoms with Crippen LogP contribution in [0.5, 0.6) is 0 Å². The van der Waals surface area contributed by atoms with Crippen molar-refractivity contribution >= 4 is 23.4 Å². The van der Waals surface area contributed by atoms with E-state index in [4.69, 9.17) is 0 Å². The smallest absolute Gasteiger partial charge is 0.248 e. The van der Waals surface area contributed by atoms with Gasteiger partial charge in [0.1, 0.15) is 6.04 Å². The van der Waals surface area contributed by atoms with E-state index in [1.807, 2.05) is 61.5 Å². The highest BCUT2D eigenvalue weighted by Crippen LogP contribution is 2.65. The lowest BCUT2D eigenvalue weighted by molar-refractivity contribution is -0.146. The highest BCUT2D eigenvalue weighted by molar-refractivity contribution is 6.10. The number of hydrogen-bond acceptors (Lipinski definition) is 3. The fraction of sp³-hybridized carbons (Fsp3) is 0.370. The first kappa shape index (κ1) is 19.5. The summed E-state index contributed by atoms with van der Waals surface area (Å²) in [5.41, 5.74) is 2.57. The van der Waals surface area contributed by atoms with Gasteiger partial charge in [0.2, 0.25) is 17.7 Å². The van der Waals surface area contributed by atoms with Crippen LogP contribution in [0.25, 0.3) is 0 Å². The highest BCUT2D eigenvalue weighted by atomic mass is 16.2. The van der Waals surface area contributed by atoms with Crippen LogP contribution >= 0.6 is 0 Å². The largest absolute Gasteiger partial charge is 0.324 e. The van der Waals surface area contributed by atoms with Gasteiger partial charge < -0.3 is 5.32 Å². The summed E-state index contributed by atoms with van der Waals surface area (Å²) in [6, 6.07) is 16.3. The molecule has 1 saturated heterocycles. The third-order valence-electron chi connectivity index (χ3n) is 7.99. The molecule has 162 valence electrons. The molecule has 5 heteroatoms. The van der Waals surface area contributed by atoms with Crippen molar-refractivity contribution in [2.75, 3.05) is 5.32 Å². The third-order valence-corrected chi connectivity index (χ3v) is 7.99. The van der Waals surface area contributed by atoms with Gasteiger partial charge in [0.05, 0.1) is 11.8 Å². The third kappa shape index (κ3) is 2.87. The first-order valence-corrected chi connectivity index (χ1v) is 11.5. The van der Waals surface area contributed by atoms with Crippen LogP contribution in [0.3, 0.4) is 0 Å². The van der Waals surface area contributed by atoms with E-state index in [2.05, 4.69) is 17.5 Å². The topological polar surface area (TPSA) is 66.5 Å². The summed E-state index contributed by atoms with van der Waals surface area (Å²) >= 11 is 0. The summed E-state index contributed by atoms with van der Waals surface area (Å²) in [7, 11) is 0. The number of aryl methyl sites for hydroxylation is 1. The van der Waals surface area contributed by atoms with Crippen LogP contribution in [0.4, 0.5) is 5.69 Å². The van der Waals surface area contributed by atoms with E-state index in [-0.39, 0.29) is 41.4 Å². The second-order valence-electron chi connectivity index (χ2n) is 9.71. The number of allylic oxidation sites excluding steroid dienone is 2. The number of hydrogen-bond donors (Lipinski definition) is 1. The highest BCUT2D eigenvalue weighted by Gasteiger charge is 2.67. The van der Waals surface area contributed by atoms with Crippen molar-refractivity contribution in [1.29, 1.82) is 0 Å². The molecule has 5 nitrogen and oxygen atoms in total. The Balaban J connectivity index is 1.34. The summed E-state index contributed by atoms with van der Waals surface area (Å²) in [4.78, 5) is 42.1. The molecule has 2 aromatic rings. The first-order valence-electron chi connectivity index (χ1n) is 11.5. The molecular formula is C27H26N2O3. The van der Waals surface area contributed by atoms with Crippen LogP contribution in [0.1, 0.15) is 17.5 Å². The second-order valence-corrected chi connectivity index (χ2v) is 9.71. The van der Waals surface area contributed by atoms with Crippen molar-refractivity contribution in [3.8, 4) is 0 Å². The van der Waals surface area contributed by atoms with Crippen molar-refractivity contribution in [2.45, 2.75) is 25.8 Å². The number of nitrogens with zero attached hydrogens (tertiary/aromatic N) is 1. The molecular weight excluding hydrogens is 400 g/mol. The lowest BCUT2D eigenvalue weighted by Gasteiger charge is -2.37. The van der Waals surface area contributed by atoms with Gasteiger partial charge in [0.25, 0.3) is 0 Å². The van der Waals surface area contributed by atoms with Gasteiger partial charge in [-0.15, -0.1) is 0 Å². The Bertz CT molecular complexity index is 1100. The Morgan fingerprint density at radius 1 is 0.938 bits per heavy atom. The van der Waals surface area contributed by atoms with E-state index in [0.29, 0.717) is 23.9 Å². The van der Waals surface area contributed by atoms with Crippen LogP contribution < -0.4 is 5.32 Å². The van der Waals surface area contributed by atoms with Crippen molar-refractivity contribution in [3.63, 3.8) is 0 Å². The number of nitrogens with one attached hydrogen (secondary N) is 1. The number of carbonyl (C=O) groups is 3. The number of carbonyl (C=O) groups excluding carboxylic acids is 3. The molecule has 2 aromatic carbocycles. The van der Waals surface area contributed by atoms with Gasteiger partial charge in [0, 0.05) is 12.1 Å². The van der Waals surface area contributed by atoms with Crippen molar-refractivity contribution in [1.82, 2.24) is 4.90 Å². The molecule has 0 aromatic heterocycles. The first-order chi connectivity index (χ1) is 15.5. The molecule has 0 radical (unpaired) electrons. The Morgan fingerprint density at radius 2 is 1.53 bits per heavy atom. The molecule has 3 fully saturated rings. The van der Waals surface area contributed by atoms with E-state index >= 15 is 0 Å². The van der Waals surface area contributed by atoms with Gasteiger partial charge >= 0.3 is 0 Å². The minimum Gasteiger partial charge on any atom is -0.324 e. The summed E-state index contributed by atoms with van der Waals surface area (Å²) in [5.74, 6) is 0.135. The minimum absolute atomic E-state index is 0.147. The SMILES string of the molecule is Cc1ccccc1NC(=O)[C@H](Cc1ccccc1)N1C(=O)[C@@H]2[C@H]3C=C[C@@H]([C@@H]4C[C@H]34)[C@@H]2C1=O. The van der Waals surface area contributed by atoms with Gasteiger partial charge in [-0.05, 0) is 54.2 Å². The van der Waals surface area contributed by atoms with Gasteiger partial charge in [-0.1, -0.05) is 60.7 Å². The summed E-state index contributed by atoms with van der Waals surface area (Å²) < 4.78 is 0. The summed E-state index contributed by atoms with van der Waals surface area (Å²) in [5, 5.41) is 2.98. The van der Waals surface area contributed by atoms with Crippen molar-refractivity contribution in [3.05, 3.63) is 77.9 Å². The molecule has 1 N–H and O–H groups in total. The average molecular weight is 427 g/mol. The van der Waals surface area contributed by atoms with Crippen molar-refractivity contribution < 1.29 is 14.4 Å².